The molecule has 0 unspecified atom stereocenters. The lowest BCUT2D eigenvalue weighted by Crippen LogP contribution is -3.13. The van der Waals surface area contributed by atoms with Crippen molar-refractivity contribution in [2.75, 3.05) is 64.2 Å². The molecular formula is C28H32F2N9O3+. The highest BCUT2D eigenvalue weighted by atomic mass is 19.1. The van der Waals surface area contributed by atoms with E-state index in [1.165, 1.54) is 38.0 Å². The summed E-state index contributed by atoms with van der Waals surface area (Å²) in [5.74, 6) is -1.09. The van der Waals surface area contributed by atoms with E-state index < -0.39 is 17.3 Å². The second-order valence-corrected chi connectivity index (χ2v) is 9.65. The topological polar surface area (TPSA) is 135 Å². The third-order valence-corrected chi connectivity index (χ3v) is 6.99. The summed E-state index contributed by atoms with van der Waals surface area (Å²) in [6.07, 6.45) is 5.93. The van der Waals surface area contributed by atoms with Gasteiger partial charge < -0.3 is 30.1 Å². The van der Waals surface area contributed by atoms with Crippen molar-refractivity contribution in [1.29, 1.82) is 0 Å². The number of anilines is 4. The van der Waals surface area contributed by atoms with E-state index >= 15 is 0 Å². The van der Waals surface area contributed by atoms with Gasteiger partial charge in [0.15, 0.2) is 23.1 Å². The number of halogens is 2. The van der Waals surface area contributed by atoms with Crippen LogP contribution in [0, 0.1) is 11.6 Å². The highest BCUT2D eigenvalue weighted by Gasteiger charge is 2.23. The first-order chi connectivity index (χ1) is 20.5. The third-order valence-electron chi connectivity index (χ3n) is 6.99. The number of aromatic nitrogens is 5. The van der Waals surface area contributed by atoms with E-state index in [1.54, 1.807) is 6.07 Å². The van der Waals surface area contributed by atoms with Gasteiger partial charge in [-0.3, -0.25) is 4.90 Å². The molecule has 0 bridgehead atoms. The zero-order valence-electron chi connectivity index (χ0n) is 23.3. The highest BCUT2D eigenvalue weighted by Crippen LogP contribution is 2.37. The van der Waals surface area contributed by atoms with Crippen molar-refractivity contribution in [2.24, 2.45) is 0 Å². The number of piperazine rings is 1. The molecule has 4 heterocycles. The third kappa shape index (κ3) is 6.67. The molecule has 0 atom stereocenters. The molecule has 5 rings (SSSR count). The van der Waals surface area contributed by atoms with E-state index in [-0.39, 0.29) is 23.9 Å². The number of aliphatic hydroxyl groups excluding tert-OH is 1. The number of aliphatic hydroxyl groups is 1. The second kappa shape index (κ2) is 13.4. The summed E-state index contributed by atoms with van der Waals surface area (Å²) in [5.41, 5.74) is 1.43. The Bertz CT molecular complexity index is 1470. The lowest BCUT2D eigenvalue weighted by Gasteiger charge is -2.31. The molecule has 0 amide bonds. The van der Waals surface area contributed by atoms with Crippen LogP contribution < -0.4 is 25.0 Å². The van der Waals surface area contributed by atoms with Gasteiger partial charge in [0.05, 0.1) is 45.2 Å². The molecule has 1 fully saturated rings. The molecule has 1 saturated heterocycles. The van der Waals surface area contributed by atoms with Crippen LogP contribution >= 0.6 is 0 Å². The largest absolute Gasteiger partial charge is 0.493 e. The molecule has 220 valence electrons. The molecular weight excluding hydrogens is 548 g/mol. The lowest BCUT2D eigenvalue weighted by atomic mass is 10.2. The Morgan fingerprint density at radius 3 is 2.33 bits per heavy atom. The Hall–Kier alpha value is -4.53. The second-order valence-electron chi connectivity index (χ2n) is 9.65. The number of hydrogen-bond acceptors (Lipinski definition) is 11. The molecule has 12 nitrogen and oxygen atoms in total. The summed E-state index contributed by atoms with van der Waals surface area (Å²) in [6, 6.07) is 6.71. The minimum Gasteiger partial charge on any atom is -0.493 e. The van der Waals surface area contributed by atoms with Crippen LogP contribution in [0.3, 0.4) is 0 Å². The Morgan fingerprint density at radius 2 is 1.67 bits per heavy atom. The number of pyridine rings is 1. The Balaban J connectivity index is 1.30. The number of quaternary nitrogens is 1. The number of rotatable bonds is 11. The van der Waals surface area contributed by atoms with E-state index in [0.29, 0.717) is 22.9 Å². The molecule has 42 heavy (non-hydrogen) atoms. The van der Waals surface area contributed by atoms with E-state index in [4.69, 9.17) is 14.6 Å². The average molecular weight is 581 g/mol. The Labute approximate surface area is 241 Å². The normalized spacial score (nSPS) is 14.0. The maximum absolute atomic E-state index is 15.0. The van der Waals surface area contributed by atoms with Crippen molar-refractivity contribution < 1.29 is 28.3 Å². The molecule has 0 saturated carbocycles. The molecule has 1 aliphatic heterocycles. The van der Waals surface area contributed by atoms with Gasteiger partial charge in [0.2, 0.25) is 0 Å². The molecule has 3 aromatic heterocycles. The number of hydrogen-bond donors (Lipinski definition) is 4. The summed E-state index contributed by atoms with van der Waals surface area (Å²) in [7, 11) is 2.55. The Kier molecular flexibility index (Phi) is 9.26. The number of methoxy groups -OCH3 is 2. The van der Waals surface area contributed by atoms with Crippen molar-refractivity contribution >= 4 is 23.1 Å². The maximum Gasteiger partial charge on any atom is 0.191 e. The number of nitrogens with one attached hydrogen (secondary N) is 3. The van der Waals surface area contributed by atoms with Crippen molar-refractivity contribution in [3.63, 3.8) is 0 Å². The zero-order chi connectivity index (χ0) is 29.5. The molecule has 1 aliphatic rings. The van der Waals surface area contributed by atoms with Crippen molar-refractivity contribution in [2.45, 2.75) is 6.54 Å². The predicted octanol–water partition coefficient (Wildman–Crippen LogP) is 1.80. The van der Waals surface area contributed by atoms with E-state index in [0.717, 1.165) is 50.9 Å². The van der Waals surface area contributed by atoms with Gasteiger partial charge in [0.25, 0.3) is 0 Å². The molecule has 4 N–H and O–H groups in total. The van der Waals surface area contributed by atoms with Crippen molar-refractivity contribution in [3.8, 4) is 22.8 Å². The van der Waals surface area contributed by atoms with Crippen LogP contribution in [0.5, 0.6) is 11.5 Å². The first-order valence-corrected chi connectivity index (χ1v) is 13.4. The average Bonchev–Trinajstić information content (AvgIpc) is 3.02. The summed E-state index contributed by atoms with van der Waals surface area (Å²) >= 11 is 0. The van der Waals surface area contributed by atoms with Crippen LogP contribution in [0.4, 0.5) is 31.9 Å². The molecule has 0 aliphatic carbocycles. The lowest BCUT2D eigenvalue weighted by molar-refractivity contribution is -0.918. The minimum absolute atomic E-state index is 0.116. The number of ether oxygens (including phenoxy) is 2. The standard InChI is InChI=1S/C28H31F2N9O3/c1-41-21-12-22(42-2)26(30)27(25(21)29)37-28-19(14-31-16-35-28)20-11-24(34-17-33-20)36-23-4-3-18(13-32-23)15-39-7-5-38(6-8-39)9-10-40/h3-4,11-14,16-17,40H,5-10,15H2,1-2H3,(H,31,35,37)(H,32,33,34,36)/p+1. The van der Waals surface area contributed by atoms with Crippen LogP contribution in [0.15, 0.2) is 49.3 Å². The molecule has 1 aromatic carbocycles. The Morgan fingerprint density at radius 1 is 0.905 bits per heavy atom. The first-order valence-electron chi connectivity index (χ1n) is 13.4. The summed E-state index contributed by atoms with van der Waals surface area (Å²) < 4.78 is 40.1. The number of nitrogens with zero attached hydrogens (tertiary/aromatic N) is 6. The maximum atomic E-state index is 15.0. The fourth-order valence-corrected chi connectivity index (χ4v) is 4.74. The van der Waals surface area contributed by atoms with Crippen LogP contribution in [0.2, 0.25) is 0 Å². The van der Waals surface area contributed by atoms with Crippen molar-refractivity contribution in [1.82, 2.24) is 29.8 Å². The number of benzene rings is 1. The molecule has 4 aromatic rings. The van der Waals surface area contributed by atoms with Gasteiger partial charge in [-0.1, -0.05) is 0 Å². The van der Waals surface area contributed by atoms with Crippen LogP contribution in [-0.4, -0.2) is 88.5 Å². The van der Waals surface area contributed by atoms with Crippen molar-refractivity contribution in [3.05, 3.63) is 66.5 Å². The van der Waals surface area contributed by atoms with Gasteiger partial charge in [-0.05, 0) is 12.1 Å². The van der Waals surface area contributed by atoms with Gasteiger partial charge in [-0.2, -0.15) is 0 Å². The van der Waals surface area contributed by atoms with Gasteiger partial charge in [0, 0.05) is 49.7 Å². The van der Waals surface area contributed by atoms with E-state index in [9.17, 15) is 8.78 Å². The van der Waals surface area contributed by atoms with Gasteiger partial charge in [-0.15, -0.1) is 0 Å². The monoisotopic (exact) mass is 580 g/mol. The number of β-amino-alcohol motifs (C(OH)–C–C–N with tert-alkyl or cyclic N) is 1. The molecule has 0 spiro atoms. The van der Waals surface area contributed by atoms with Crippen LogP contribution in [0.1, 0.15) is 5.56 Å². The highest BCUT2D eigenvalue weighted by molar-refractivity contribution is 5.78. The molecule has 14 heteroatoms. The first kappa shape index (κ1) is 29.0. The smallest absolute Gasteiger partial charge is 0.191 e. The summed E-state index contributed by atoms with van der Waals surface area (Å²) in [5, 5.41) is 15.0. The van der Waals surface area contributed by atoms with Gasteiger partial charge >= 0.3 is 0 Å². The summed E-state index contributed by atoms with van der Waals surface area (Å²) in [6.45, 7) is 5.78. The predicted molar refractivity (Wildman–Crippen MR) is 151 cm³/mol. The van der Waals surface area contributed by atoms with Gasteiger partial charge in [-0.25, -0.2) is 33.7 Å². The SMILES string of the molecule is COc1cc(OC)c(F)c(Nc2ncncc2-c2cc(Nc3ccc(C[NH+]4CCN(CCO)CC4)cn3)ncn2)c1F. The fourth-order valence-electron chi connectivity index (χ4n) is 4.74. The van der Waals surface area contributed by atoms with Crippen LogP contribution in [0.25, 0.3) is 11.3 Å². The van der Waals surface area contributed by atoms with Gasteiger partial charge in [0.1, 0.15) is 42.3 Å². The molecule has 0 radical (unpaired) electrons. The zero-order valence-corrected chi connectivity index (χ0v) is 23.3. The minimum atomic E-state index is -0.939. The van der Waals surface area contributed by atoms with E-state index in [2.05, 4.69) is 40.5 Å². The van der Waals surface area contributed by atoms with E-state index in [1.807, 2.05) is 18.3 Å². The quantitative estimate of drug-likeness (QED) is 0.207. The fraction of sp³-hybridized carbons (Fsp3) is 0.321. The summed E-state index contributed by atoms with van der Waals surface area (Å²) in [4.78, 5) is 25.1. The van der Waals surface area contributed by atoms with Crippen LogP contribution in [-0.2, 0) is 6.54 Å².